The number of hydrogen-bond acceptors (Lipinski definition) is 8. The van der Waals surface area contributed by atoms with E-state index in [2.05, 4.69) is 10.1 Å². The first-order valence-corrected chi connectivity index (χ1v) is 8.65. The van der Waals surface area contributed by atoms with Crippen LogP contribution in [0.4, 0.5) is 5.69 Å². The highest BCUT2D eigenvalue weighted by Gasteiger charge is 2.36. The van der Waals surface area contributed by atoms with Crippen LogP contribution in [0.3, 0.4) is 0 Å². The van der Waals surface area contributed by atoms with Gasteiger partial charge in [-0.2, -0.15) is 4.98 Å². The number of methoxy groups -OCH3 is 1. The van der Waals surface area contributed by atoms with E-state index in [4.69, 9.17) is 14.0 Å². The minimum absolute atomic E-state index is 0.0866. The molecule has 2 heterocycles. The zero-order chi connectivity index (χ0) is 20.4. The number of hydrogen-bond donors (Lipinski definition) is 0. The third-order valence-electron chi connectivity index (χ3n) is 4.34. The average Bonchev–Trinajstić information content (AvgIpc) is 3.32. The van der Waals surface area contributed by atoms with Crippen LogP contribution in [-0.2, 0) is 20.9 Å². The van der Waals surface area contributed by atoms with Crippen molar-refractivity contribution in [2.45, 2.75) is 6.61 Å². The molecule has 1 amide bonds. The van der Waals surface area contributed by atoms with Crippen LogP contribution >= 0.6 is 0 Å². The summed E-state index contributed by atoms with van der Waals surface area (Å²) < 4.78 is 15.5. The molecule has 1 aliphatic rings. The molecule has 9 nitrogen and oxygen atoms in total. The van der Waals surface area contributed by atoms with Gasteiger partial charge in [0.05, 0.1) is 23.9 Å². The summed E-state index contributed by atoms with van der Waals surface area (Å²) in [5.74, 6) is -1.16. The number of benzene rings is 2. The molecule has 4 rings (SSSR count). The van der Waals surface area contributed by atoms with Crippen LogP contribution in [0.2, 0.25) is 0 Å². The smallest absolute Gasteiger partial charge is 0.326 e. The summed E-state index contributed by atoms with van der Waals surface area (Å²) >= 11 is 0. The molecule has 9 heteroatoms. The maximum absolute atomic E-state index is 12.2. The molecule has 0 fully saturated rings. The SMILES string of the molecule is COc1ccccc1-c1noc(COC(=O)CN2C(=O)C(=O)c3ccccc32)n1. The zero-order valence-corrected chi connectivity index (χ0v) is 15.3. The van der Waals surface area contributed by atoms with E-state index in [0.29, 0.717) is 22.8 Å². The van der Waals surface area contributed by atoms with E-state index in [1.165, 1.54) is 7.11 Å². The topological polar surface area (TPSA) is 112 Å². The molecule has 3 aromatic rings. The van der Waals surface area contributed by atoms with E-state index < -0.39 is 24.2 Å². The first-order chi connectivity index (χ1) is 14.1. The van der Waals surface area contributed by atoms with Crippen molar-refractivity contribution in [3.8, 4) is 17.1 Å². The van der Waals surface area contributed by atoms with Gasteiger partial charge >= 0.3 is 5.97 Å². The van der Waals surface area contributed by atoms with Crippen molar-refractivity contribution in [1.82, 2.24) is 10.1 Å². The zero-order valence-electron chi connectivity index (χ0n) is 15.3. The van der Waals surface area contributed by atoms with E-state index >= 15 is 0 Å². The lowest BCUT2D eigenvalue weighted by Gasteiger charge is -2.14. The number of ketones is 1. The monoisotopic (exact) mass is 393 g/mol. The third-order valence-corrected chi connectivity index (χ3v) is 4.34. The van der Waals surface area contributed by atoms with Crippen LogP contribution in [0.5, 0.6) is 5.75 Å². The Morgan fingerprint density at radius 1 is 1.07 bits per heavy atom. The highest BCUT2D eigenvalue weighted by Crippen LogP contribution is 2.29. The van der Waals surface area contributed by atoms with Crippen molar-refractivity contribution in [2.24, 2.45) is 0 Å². The number of carbonyl (C=O) groups is 3. The van der Waals surface area contributed by atoms with Crippen LogP contribution in [0.15, 0.2) is 53.1 Å². The highest BCUT2D eigenvalue weighted by atomic mass is 16.6. The predicted octanol–water partition coefficient (Wildman–Crippen LogP) is 2.02. The van der Waals surface area contributed by atoms with Crippen molar-refractivity contribution in [1.29, 1.82) is 0 Å². The molecular weight excluding hydrogens is 378 g/mol. The first kappa shape index (κ1) is 18.4. The lowest BCUT2D eigenvalue weighted by molar-refractivity contribution is -0.144. The number of anilines is 1. The second-order valence-electron chi connectivity index (χ2n) is 6.11. The minimum atomic E-state index is -0.764. The van der Waals surface area contributed by atoms with E-state index in [-0.39, 0.29) is 18.1 Å². The molecule has 1 aromatic heterocycles. The lowest BCUT2D eigenvalue weighted by atomic mass is 10.1. The molecule has 0 aliphatic carbocycles. The number of carbonyl (C=O) groups excluding carboxylic acids is 3. The Hall–Kier alpha value is -4.01. The Balaban J connectivity index is 1.41. The van der Waals surface area contributed by atoms with Gasteiger partial charge in [-0.05, 0) is 24.3 Å². The minimum Gasteiger partial charge on any atom is -0.496 e. The fourth-order valence-electron chi connectivity index (χ4n) is 2.97. The quantitative estimate of drug-likeness (QED) is 0.462. The van der Waals surface area contributed by atoms with Crippen LogP contribution in [-0.4, -0.2) is 41.5 Å². The van der Waals surface area contributed by atoms with Gasteiger partial charge in [-0.1, -0.05) is 29.4 Å². The van der Waals surface area contributed by atoms with Gasteiger partial charge in [-0.15, -0.1) is 0 Å². The van der Waals surface area contributed by atoms with Crippen LogP contribution < -0.4 is 9.64 Å². The van der Waals surface area contributed by atoms with Crippen molar-refractivity contribution >= 4 is 23.3 Å². The summed E-state index contributed by atoms with van der Waals surface area (Å²) in [5.41, 5.74) is 1.29. The summed E-state index contributed by atoms with van der Waals surface area (Å²) in [6.45, 7) is -0.659. The van der Waals surface area contributed by atoms with E-state index in [1.807, 2.05) is 6.07 Å². The number of Topliss-reactive ketones (excluding diaryl/α,β-unsaturated/α-hetero) is 1. The molecule has 1 aliphatic heterocycles. The number of esters is 1. The van der Waals surface area contributed by atoms with Crippen molar-refractivity contribution in [3.05, 3.63) is 60.0 Å². The number of para-hydroxylation sites is 2. The number of rotatable bonds is 6. The Bertz CT molecular complexity index is 1110. The summed E-state index contributed by atoms with van der Waals surface area (Å²) in [6, 6.07) is 13.6. The first-order valence-electron chi connectivity index (χ1n) is 8.65. The summed E-state index contributed by atoms with van der Waals surface area (Å²) in [5, 5.41) is 3.86. The van der Waals surface area contributed by atoms with Gasteiger partial charge in [-0.25, -0.2) is 0 Å². The molecule has 0 unspecified atom stereocenters. The van der Waals surface area contributed by atoms with Gasteiger partial charge in [0.2, 0.25) is 5.82 Å². The highest BCUT2D eigenvalue weighted by molar-refractivity contribution is 6.52. The standard InChI is InChI=1S/C20H15N3O6/c1-27-15-9-5-3-7-13(15)19-21-16(29-22-19)11-28-17(24)10-23-14-8-4-2-6-12(14)18(25)20(23)26/h2-9H,10-11H2,1H3. The van der Waals surface area contributed by atoms with Gasteiger partial charge in [-0.3, -0.25) is 19.3 Å². The van der Waals surface area contributed by atoms with Gasteiger partial charge < -0.3 is 14.0 Å². The van der Waals surface area contributed by atoms with Gasteiger partial charge in [0.25, 0.3) is 17.6 Å². The molecular formula is C20H15N3O6. The number of aromatic nitrogens is 2. The molecule has 0 atom stereocenters. The summed E-state index contributed by atoms with van der Waals surface area (Å²) in [4.78, 5) is 41.5. The van der Waals surface area contributed by atoms with Crippen molar-refractivity contribution < 1.29 is 28.4 Å². The van der Waals surface area contributed by atoms with Gasteiger partial charge in [0.15, 0.2) is 6.61 Å². The number of amides is 1. The Morgan fingerprint density at radius 3 is 2.59 bits per heavy atom. The normalized spacial score (nSPS) is 12.8. The maximum Gasteiger partial charge on any atom is 0.326 e. The molecule has 29 heavy (non-hydrogen) atoms. The van der Waals surface area contributed by atoms with Gasteiger partial charge in [0, 0.05) is 0 Å². The van der Waals surface area contributed by atoms with Gasteiger partial charge in [0.1, 0.15) is 12.3 Å². The van der Waals surface area contributed by atoms with Crippen LogP contribution in [0, 0.1) is 0 Å². The fourth-order valence-corrected chi connectivity index (χ4v) is 2.97. The molecule has 0 bridgehead atoms. The Kier molecular flexibility index (Phi) is 4.78. The molecule has 0 saturated carbocycles. The Labute approximate surface area is 164 Å². The molecule has 0 radical (unpaired) electrons. The third kappa shape index (κ3) is 3.45. The van der Waals surface area contributed by atoms with Crippen LogP contribution in [0.1, 0.15) is 16.2 Å². The second kappa shape index (κ2) is 7.55. The molecule has 0 spiro atoms. The van der Waals surface area contributed by atoms with E-state index in [9.17, 15) is 14.4 Å². The van der Waals surface area contributed by atoms with E-state index in [0.717, 1.165) is 4.90 Å². The molecule has 146 valence electrons. The summed E-state index contributed by atoms with van der Waals surface area (Å²) in [6.07, 6.45) is 0. The average molecular weight is 393 g/mol. The van der Waals surface area contributed by atoms with Crippen LogP contribution in [0.25, 0.3) is 11.4 Å². The molecule has 0 saturated heterocycles. The number of nitrogens with zero attached hydrogens (tertiary/aromatic N) is 3. The maximum atomic E-state index is 12.2. The number of fused-ring (bicyclic) bond motifs is 1. The summed E-state index contributed by atoms with van der Waals surface area (Å²) in [7, 11) is 1.53. The lowest BCUT2D eigenvalue weighted by Crippen LogP contribution is -2.35. The predicted molar refractivity (Wildman–Crippen MR) is 99.2 cm³/mol. The molecule has 0 N–H and O–H groups in total. The Morgan fingerprint density at radius 2 is 1.79 bits per heavy atom. The second-order valence-corrected chi connectivity index (χ2v) is 6.11. The van der Waals surface area contributed by atoms with E-state index in [1.54, 1.807) is 42.5 Å². The van der Waals surface area contributed by atoms with Crippen molar-refractivity contribution in [2.75, 3.05) is 18.6 Å². The fraction of sp³-hybridized carbons (Fsp3) is 0.150. The largest absolute Gasteiger partial charge is 0.496 e. The number of ether oxygens (including phenoxy) is 2. The molecule has 2 aromatic carbocycles. The van der Waals surface area contributed by atoms with Crippen molar-refractivity contribution in [3.63, 3.8) is 0 Å².